The number of hydrogen-bond acceptors (Lipinski definition) is 4. The van der Waals surface area contributed by atoms with E-state index in [0.717, 1.165) is 28.1 Å². The van der Waals surface area contributed by atoms with Gasteiger partial charge in [0.2, 0.25) is 5.91 Å². The summed E-state index contributed by atoms with van der Waals surface area (Å²) in [6, 6.07) is 27.2. The van der Waals surface area contributed by atoms with E-state index in [-0.39, 0.29) is 17.4 Å². The third-order valence-corrected chi connectivity index (χ3v) is 7.17. The van der Waals surface area contributed by atoms with E-state index in [0.29, 0.717) is 16.8 Å². The van der Waals surface area contributed by atoms with E-state index < -0.39 is 17.6 Å². The van der Waals surface area contributed by atoms with Crippen LogP contribution in [0.5, 0.6) is 0 Å². The molecule has 41 heavy (non-hydrogen) atoms. The number of benzene rings is 4. The van der Waals surface area contributed by atoms with Crippen molar-refractivity contribution >= 4 is 46.9 Å². The summed E-state index contributed by atoms with van der Waals surface area (Å²) in [5, 5.41) is 8.50. The van der Waals surface area contributed by atoms with Gasteiger partial charge in [-0.05, 0) is 78.6 Å². The first-order valence-electron chi connectivity index (χ1n) is 13.1. The second-order valence-corrected chi connectivity index (χ2v) is 10.3. The number of rotatable bonds is 10. The lowest BCUT2D eigenvalue weighted by Gasteiger charge is -2.13. The van der Waals surface area contributed by atoms with Gasteiger partial charge < -0.3 is 16.0 Å². The van der Waals surface area contributed by atoms with Crippen molar-refractivity contribution in [3.8, 4) is 0 Å². The molecule has 0 unspecified atom stereocenters. The van der Waals surface area contributed by atoms with Crippen molar-refractivity contribution in [3.63, 3.8) is 0 Å². The molecule has 6 nitrogen and oxygen atoms in total. The van der Waals surface area contributed by atoms with E-state index in [1.54, 1.807) is 48.5 Å². The fourth-order valence-electron chi connectivity index (χ4n) is 4.06. The summed E-state index contributed by atoms with van der Waals surface area (Å²) in [5.41, 5.74) is 4.35. The average Bonchev–Trinajstić information content (AvgIpc) is 2.98. The van der Waals surface area contributed by atoms with Crippen molar-refractivity contribution in [1.82, 2.24) is 5.32 Å². The van der Waals surface area contributed by atoms with Gasteiger partial charge in [0.15, 0.2) is 0 Å². The topological polar surface area (TPSA) is 87.3 Å². The zero-order valence-electron chi connectivity index (χ0n) is 22.7. The Morgan fingerprint density at radius 2 is 1.59 bits per heavy atom. The van der Waals surface area contributed by atoms with Crippen LogP contribution in [0.25, 0.3) is 6.08 Å². The lowest BCUT2D eigenvalue weighted by Crippen LogP contribution is -2.30. The molecule has 0 spiro atoms. The number of anilines is 2. The van der Waals surface area contributed by atoms with Gasteiger partial charge in [0, 0.05) is 21.8 Å². The van der Waals surface area contributed by atoms with Crippen LogP contribution in [0, 0.1) is 12.7 Å². The SMILES string of the molecule is CCc1cccc(C)c1NC(=O)CSc1cccc(NC(=O)/C(=C\c2ccc(F)cc2)NC(=O)c2ccccc2)c1. The normalized spacial score (nSPS) is 11.0. The minimum atomic E-state index is -0.551. The van der Waals surface area contributed by atoms with Crippen molar-refractivity contribution < 1.29 is 18.8 Å². The number of aryl methyl sites for hydroxylation is 2. The van der Waals surface area contributed by atoms with E-state index in [1.165, 1.54) is 42.1 Å². The van der Waals surface area contributed by atoms with Crippen molar-refractivity contribution in [1.29, 1.82) is 0 Å². The first-order chi connectivity index (χ1) is 19.8. The minimum Gasteiger partial charge on any atom is -0.325 e. The van der Waals surface area contributed by atoms with Crippen LogP contribution in [0.3, 0.4) is 0 Å². The molecule has 3 N–H and O–H groups in total. The Hall–Kier alpha value is -4.69. The molecule has 0 heterocycles. The summed E-state index contributed by atoms with van der Waals surface area (Å²) in [6.07, 6.45) is 2.30. The first-order valence-corrected chi connectivity index (χ1v) is 14.1. The molecule has 0 atom stereocenters. The van der Waals surface area contributed by atoms with Gasteiger partial charge in [-0.1, -0.05) is 61.5 Å². The number of carbonyl (C=O) groups is 3. The highest BCUT2D eigenvalue weighted by atomic mass is 32.2. The van der Waals surface area contributed by atoms with E-state index >= 15 is 0 Å². The molecular formula is C33H30FN3O3S. The fourth-order valence-corrected chi connectivity index (χ4v) is 4.81. The molecule has 0 bridgehead atoms. The maximum atomic E-state index is 13.4. The molecule has 0 radical (unpaired) electrons. The van der Waals surface area contributed by atoms with Crippen LogP contribution in [0.15, 0.2) is 108 Å². The smallest absolute Gasteiger partial charge is 0.272 e. The summed E-state index contributed by atoms with van der Waals surface area (Å²) in [4.78, 5) is 39.6. The number of hydrogen-bond donors (Lipinski definition) is 3. The maximum absolute atomic E-state index is 13.4. The van der Waals surface area contributed by atoms with Crippen LogP contribution < -0.4 is 16.0 Å². The molecule has 0 fully saturated rings. The Balaban J connectivity index is 1.45. The lowest BCUT2D eigenvalue weighted by atomic mass is 10.1. The molecule has 0 saturated carbocycles. The maximum Gasteiger partial charge on any atom is 0.272 e. The van der Waals surface area contributed by atoms with Gasteiger partial charge in [0.25, 0.3) is 11.8 Å². The zero-order chi connectivity index (χ0) is 29.2. The molecule has 4 aromatic carbocycles. The monoisotopic (exact) mass is 567 g/mol. The van der Waals surface area contributed by atoms with E-state index in [2.05, 4.69) is 16.0 Å². The number of halogens is 1. The van der Waals surface area contributed by atoms with Gasteiger partial charge in [-0.15, -0.1) is 11.8 Å². The fraction of sp³-hybridized carbons (Fsp3) is 0.121. The molecular weight excluding hydrogens is 537 g/mol. The molecule has 0 aromatic heterocycles. The Morgan fingerprint density at radius 1 is 0.854 bits per heavy atom. The van der Waals surface area contributed by atoms with Crippen LogP contribution in [-0.4, -0.2) is 23.5 Å². The average molecular weight is 568 g/mol. The van der Waals surface area contributed by atoms with Gasteiger partial charge in [-0.25, -0.2) is 4.39 Å². The predicted molar refractivity (Wildman–Crippen MR) is 163 cm³/mol. The Labute approximate surface area is 243 Å². The number of para-hydroxylation sites is 1. The summed E-state index contributed by atoms with van der Waals surface area (Å²) >= 11 is 1.35. The predicted octanol–water partition coefficient (Wildman–Crippen LogP) is 6.84. The van der Waals surface area contributed by atoms with Crippen molar-refractivity contribution in [2.45, 2.75) is 25.2 Å². The lowest BCUT2D eigenvalue weighted by molar-refractivity contribution is -0.114. The number of carbonyl (C=O) groups excluding carboxylic acids is 3. The van der Waals surface area contributed by atoms with Gasteiger partial charge >= 0.3 is 0 Å². The largest absolute Gasteiger partial charge is 0.325 e. The van der Waals surface area contributed by atoms with Crippen LogP contribution in [0.2, 0.25) is 0 Å². The van der Waals surface area contributed by atoms with E-state index in [9.17, 15) is 18.8 Å². The van der Waals surface area contributed by atoms with Crippen molar-refractivity contribution in [2.24, 2.45) is 0 Å². The Bertz CT molecular complexity index is 1570. The van der Waals surface area contributed by atoms with Crippen LogP contribution in [-0.2, 0) is 16.0 Å². The van der Waals surface area contributed by atoms with Crippen molar-refractivity contribution in [2.75, 3.05) is 16.4 Å². The van der Waals surface area contributed by atoms with Crippen molar-refractivity contribution in [3.05, 3.63) is 131 Å². The standard InChI is InChI=1S/C33H30FN3O3S/c1-3-24-12-7-9-22(2)31(24)37-30(38)21-41-28-14-8-13-27(20-28)35-33(40)29(19-23-15-17-26(34)18-16-23)36-32(39)25-10-5-4-6-11-25/h4-20H,3,21H2,1-2H3,(H,35,40)(H,36,39)(H,37,38)/b29-19+. The highest BCUT2D eigenvalue weighted by Gasteiger charge is 2.16. The Morgan fingerprint density at radius 3 is 2.32 bits per heavy atom. The zero-order valence-corrected chi connectivity index (χ0v) is 23.6. The molecule has 4 aromatic rings. The molecule has 0 saturated heterocycles. The van der Waals surface area contributed by atoms with Gasteiger partial charge in [-0.2, -0.15) is 0 Å². The number of thioether (sulfide) groups is 1. The second-order valence-electron chi connectivity index (χ2n) is 9.21. The Kier molecular flexibility index (Phi) is 10.1. The highest BCUT2D eigenvalue weighted by Crippen LogP contribution is 2.25. The summed E-state index contributed by atoms with van der Waals surface area (Å²) in [6.45, 7) is 4.02. The molecule has 0 aliphatic heterocycles. The third kappa shape index (κ3) is 8.40. The summed E-state index contributed by atoms with van der Waals surface area (Å²) < 4.78 is 13.4. The van der Waals surface area contributed by atoms with Gasteiger partial charge in [-0.3, -0.25) is 14.4 Å². The van der Waals surface area contributed by atoms with E-state index in [1.807, 2.05) is 38.1 Å². The molecule has 3 amide bonds. The molecule has 8 heteroatoms. The summed E-state index contributed by atoms with van der Waals surface area (Å²) in [5.74, 6) is -1.34. The molecule has 208 valence electrons. The number of amides is 3. The van der Waals surface area contributed by atoms with Gasteiger partial charge in [0.1, 0.15) is 11.5 Å². The van der Waals surface area contributed by atoms with E-state index in [4.69, 9.17) is 0 Å². The quantitative estimate of drug-likeness (QED) is 0.145. The second kappa shape index (κ2) is 14.1. The minimum absolute atomic E-state index is 0.00662. The summed E-state index contributed by atoms with van der Waals surface area (Å²) in [7, 11) is 0. The van der Waals surface area contributed by atoms with Crippen LogP contribution in [0.1, 0.15) is 34.0 Å². The molecule has 4 rings (SSSR count). The highest BCUT2D eigenvalue weighted by molar-refractivity contribution is 8.00. The van der Waals surface area contributed by atoms with Gasteiger partial charge in [0.05, 0.1) is 5.75 Å². The number of nitrogens with one attached hydrogen (secondary N) is 3. The molecule has 0 aliphatic rings. The molecule has 0 aliphatic carbocycles. The third-order valence-electron chi connectivity index (χ3n) is 6.18. The van der Waals surface area contributed by atoms with Crippen LogP contribution in [0.4, 0.5) is 15.8 Å². The first kappa shape index (κ1) is 29.3. The van der Waals surface area contributed by atoms with Crippen LogP contribution >= 0.6 is 11.8 Å².